The highest BCUT2D eigenvalue weighted by molar-refractivity contribution is 5.89. The Morgan fingerprint density at radius 3 is 2.35 bits per heavy atom. The fraction of sp³-hybridized carbons (Fsp3) is 0.714. The molecule has 0 saturated carbocycles. The van der Waals surface area contributed by atoms with E-state index in [1.54, 1.807) is 6.08 Å². The van der Waals surface area contributed by atoms with E-state index in [1.807, 2.05) is 12.2 Å². The van der Waals surface area contributed by atoms with Gasteiger partial charge in [0.05, 0.1) is 6.61 Å². The number of ether oxygens (including phenoxy) is 1. The minimum absolute atomic E-state index is 0.154. The number of carbonyl (C=O) groups excluding carboxylic acids is 2. The molecule has 1 atom stereocenters. The first-order valence-corrected chi connectivity index (χ1v) is 9.90. The first-order valence-electron chi connectivity index (χ1n) is 9.90. The van der Waals surface area contributed by atoms with Gasteiger partial charge in [0.1, 0.15) is 12.7 Å². The average Bonchev–Trinajstić information content (AvgIpc) is 2.64. The van der Waals surface area contributed by atoms with E-state index in [0.29, 0.717) is 12.8 Å². The van der Waals surface area contributed by atoms with Crippen LogP contribution in [0.25, 0.3) is 0 Å². The van der Waals surface area contributed by atoms with Crippen LogP contribution in [0.1, 0.15) is 77.6 Å². The van der Waals surface area contributed by atoms with Gasteiger partial charge >= 0.3 is 5.97 Å². The van der Waals surface area contributed by atoms with Gasteiger partial charge in [-0.15, -0.1) is 0 Å². The number of hydrogen-bond acceptors (Lipinski definition) is 5. The maximum absolute atomic E-state index is 11.7. The molecule has 0 aliphatic rings. The molecule has 0 radical (unpaired) electrons. The first kappa shape index (κ1) is 24.5. The number of unbranched alkanes of at least 4 members (excludes halogenated alkanes) is 7. The molecule has 0 spiro atoms. The third kappa shape index (κ3) is 17.4. The normalized spacial score (nSPS) is 12.7. The van der Waals surface area contributed by atoms with Gasteiger partial charge in [0.25, 0.3) is 0 Å². The third-order valence-electron chi connectivity index (χ3n) is 3.96. The van der Waals surface area contributed by atoms with Crippen LogP contribution in [0.4, 0.5) is 0 Å². The van der Waals surface area contributed by atoms with E-state index in [2.05, 4.69) is 13.0 Å². The summed E-state index contributed by atoms with van der Waals surface area (Å²) in [5.41, 5.74) is 0. The Morgan fingerprint density at radius 1 is 0.962 bits per heavy atom. The zero-order valence-corrected chi connectivity index (χ0v) is 16.2. The van der Waals surface area contributed by atoms with Crippen LogP contribution in [-0.4, -0.2) is 41.3 Å². The highest BCUT2D eigenvalue weighted by atomic mass is 16.5. The molecule has 0 bridgehead atoms. The highest BCUT2D eigenvalue weighted by Gasteiger charge is 2.07. The van der Waals surface area contributed by atoms with E-state index in [1.165, 1.54) is 19.3 Å². The predicted octanol–water partition coefficient (Wildman–Crippen LogP) is 3.88. The molecular formula is C21H36O5. The van der Waals surface area contributed by atoms with Gasteiger partial charge in [-0.05, 0) is 31.8 Å². The Kier molecular flexibility index (Phi) is 17.3. The molecule has 1 unspecified atom stereocenters. The topological polar surface area (TPSA) is 83.8 Å². The molecule has 0 saturated heterocycles. The van der Waals surface area contributed by atoms with Crippen molar-refractivity contribution >= 4 is 11.8 Å². The van der Waals surface area contributed by atoms with Crippen molar-refractivity contribution in [3.05, 3.63) is 24.3 Å². The summed E-state index contributed by atoms with van der Waals surface area (Å²) >= 11 is 0. The predicted molar refractivity (Wildman–Crippen MR) is 104 cm³/mol. The molecular weight excluding hydrogens is 332 g/mol. The van der Waals surface area contributed by atoms with E-state index < -0.39 is 12.7 Å². The van der Waals surface area contributed by atoms with Crippen molar-refractivity contribution in [3.8, 4) is 0 Å². The van der Waals surface area contributed by atoms with Crippen molar-refractivity contribution in [1.29, 1.82) is 0 Å². The lowest BCUT2D eigenvalue weighted by Crippen LogP contribution is -2.21. The fourth-order valence-electron chi connectivity index (χ4n) is 2.35. The van der Waals surface area contributed by atoms with Crippen molar-refractivity contribution in [1.82, 2.24) is 0 Å². The summed E-state index contributed by atoms with van der Waals surface area (Å²) in [7, 11) is 0. The van der Waals surface area contributed by atoms with E-state index in [4.69, 9.17) is 14.9 Å². The number of aliphatic hydroxyl groups excluding tert-OH is 2. The van der Waals surface area contributed by atoms with Crippen LogP contribution < -0.4 is 0 Å². The molecule has 5 heteroatoms. The quantitative estimate of drug-likeness (QED) is 0.176. The lowest BCUT2D eigenvalue weighted by atomic mass is 10.1. The van der Waals surface area contributed by atoms with Crippen LogP contribution >= 0.6 is 0 Å². The molecule has 0 amide bonds. The number of aliphatic hydroxyl groups is 2. The van der Waals surface area contributed by atoms with Crippen LogP contribution in [0.2, 0.25) is 0 Å². The monoisotopic (exact) mass is 368 g/mol. The van der Waals surface area contributed by atoms with Crippen LogP contribution in [0, 0.1) is 0 Å². The third-order valence-corrected chi connectivity index (χ3v) is 3.96. The van der Waals surface area contributed by atoms with E-state index in [-0.39, 0.29) is 18.4 Å². The summed E-state index contributed by atoms with van der Waals surface area (Å²) in [6, 6.07) is 0. The van der Waals surface area contributed by atoms with E-state index in [0.717, 1.165) is 38.5 Å². The largest absolute Gasteiger partial charge is 0.463 e. The van der Waals surface area contributed by atoms with Gasteiger partial charge in [-0.25, -0.2) is 0 Å². The second-order valence-corrected chi connectivity index (χ2v) is 6.54. The Hall–Kier alpha value is -1.46. The standard InChI is InChI=1S/C21H36O5/c1-2-3-4-5-6-8-11-14-19(23)15-12-9-7-10-13-16-21(25)26-18-20(24)17-22/h6,8,11,14,20,22,24H,2-5,7,9-10,12-13,15-18H2,1H3/b8-6+,14-11+. The molecule has 0 aliphatic carbocycles. The Morgan fingerprint density at radius 2 is 1.65 bits per heavy atom. The molecule has 0 aromatic carbocycles. The van der Waals surface area contributed by atoms with Crippen molar-refractivity contribution < 1.29 is 24.5 Å². The van der Waals surface area contributed by atoms with Gasteiger partial charge in [0.15, 0.2) is 5.78 Å². The molecule has 0 aromatic rings. The first-order chi connectivity index (χ1) is 12.6. The second kappa shape index (κ2) is 18.3. The molecule has 150 valence electrons. The maximum atomic E-state index is 11.7. The van der Waals surface area contributed by atoms with Gasteiger partial charge < -0.3 is 14.9 Å². The average molecular weight is 369 g/mol. The summed E-state index contributed by atoms with van der Waals surface area (Å²) in [4.78, 5) is 23.1. The maximum Gasteiger partial charge on any atom is 0.305 e. The summed E-state index contributed by atoms with van der Waals surface area (Å²) in [5.74, 6) is -0.185. The fourth-order valence-corrected chi connectivity index (χ4v) is 2.35. The lowest BCUT2D eigenvalue weighted by Gasteiger charge is -2.08. The number of ketones is 1. The SMILES string of the molecule is CCCCC/C=C/C=C/C(=O)CCCCCCCC(=O)OCC(O)CO. The molecule has 0 rings (SSSR count). The van der Waals surface area contributed by atoms with E-state index >= 15 is 0 Å². The Bertz CT molecular complexity index is 415. The van der Waals surface area contributed by atoms with E-state index in [9.17, 15) is 9.59 Å². The summed E-state index contributed by atoms with van der Waals surface area (Å²) in [5, 5.41) is 17.7. The van der Waals surface area contributed by atoms with Crippen LogP contribution in [0.5, 0.6) is 0 Å². The van der Waals surface area contributed by atoms with Crippen molar-refractivity contribution in [3.63, 3.8) is 0 Å². The summed E-state index contributed by atoms with van der Waals surface area (Å²) in [6.07, 6.45) is 16.7. The van der Waals surface area contributed by atoms with Gasteiger partial charge in [-0.2, -0.15) is 0 Å². The molecule has 0 heterocycles. The molecule has 0 aliphatic heterocycles. The van der Waals surface area contributed by atoms with Gasteiger partial charge in [-0.3, -0.25) is 9.59 Å². The van der Waals surface area contributed by atoms with Crippen LogP contribution in [0.3, 0.4) is 0 Å². The number of hydrogen-bond donors (Lipinski definition) is 2. The van der Waals surface area contributed by atoms with Crippen molar-refractivity contribution in [2.75, 3.05) is 13.2 Å². The number of rotatable bonds is 17. The lowest BCUT2D eigenvalue weighted by molar-refractivity contribution is -0.147. The minimum atomic E-state index is -0.998. The highest BCUT2D eigenvalue weighted by Crippen LogP contribution is 2.08. The Balaban J connectivity index is 3.48. The van der Waals surface area contributed by atoms with Gasteiger partial charge in [-0.1, -0.05) is 57.3 Å². The van der Waals surface area contributed by atoms with Crippen LogP contribution in [0.15, 0.2) is 24.3 Å². The molecule has 26 heavy (non-hydrogen) atoms. The molecule has 2 N–H and O–H groups in total. The molecule has 0 aromatic heterocycles. The summed E-state index contributed by atoms with van der Waals surface area (Å²) in [6.45, 7) is 1.62. The number of carbonyl (C=O) groups is 2. The van der Waals surface area contributed by atoms with Crippen molar-refractivity contribution in [2.45, 2.75) is 83.7 Å². The Labute approximate surface area is 158 Å². The number of allylic oxidation sites excluding steroid dienone is 4. The number of esters is 1. The zero-order valence-electron chi connectivity index (χ0n) is 16.2. The zero-order chi connectivity index (χ0) is 19.5. The molecule has 5 nitrogen and oxygen atoms in total. The van der Waals surface area contributed by atoms with Gasteiger partial charge in [0, 0.05) is 12.8 Å². The smallest absolute Gasteiger partial charge is 0.305 e. The van der Waals surface area contributed by atoms with Gasteiger partial charge in [0.2, 0.25) is 0 Å². The molecule has 0 fully saturated rings. The second-order valence-electron chi connectivity index (χ2n) is 6.54. The van der Waals surface area contributed by atoms with Crippen LogP contribution in [-0.2, 0) is 14.3 Å². The minimum Gasteiger partial charge on any atom is -0.463 e. The summed E-state index contributed by atoms with van der Waals surface area (Å²) < 4.78 is 4.82. The van der Waals surface area contributed by atoms with Crippen molar-refractivity contribution in [2.24, 2.45) is 0 Å².